The quantitative estimate of drug-likeness (QED) is 0.520. The molecule has 0 unspecified atom stereocenters. The molecule has 1 aromatic heterocycles. The molecule has 7 heteroatoms. The minimum Gasteiger partial charge on any atom is -0.381 e. The summed E-state index contributed by atoms with van der Waals surface area (Å²) in [4.78, 5) is 31.1. The summed E-state index contributed by atoms with van der Waals surface area (Å²) in [6.45, 7) is 0. The highest BCUT2D eigenvalue weighted by molar-refractivity contribution is 6.01. The Bertz CT molecular complexity index is 1160. The third-order valence-electron chi connectivity index (χ3n) is 6.28. The van der Waals surface area contributed by atoms with E-state index in [1.54, 1.807) is 6.20 Å². The van der Waals surface area contributed by atoms with Crippen LogP contribution in [0.3, 0.4) is 0 Å². The van der Waals surface area contributed by atoms with E-state index in [4.69, 9.17) is 0 Å². The predicted octanol–water partition coefficient (Wildman–Crippen LogP) is 1.58. The van der Waals surface area contributed by atoms with Crippen molar-refractivity contribution in [2.24, 2.45) is 0 Å². The number of fused-ring (bicyclic) bond motifs is 6. The van der Waals surface area contributed by atoms with Crippen LogP contribution in [-0.4, -0.2) is 39.0 Å². The molecule has 0 aliphatic carbocycles. The lowest BCUT2D eigenvalue weighted by Gasteiger charge is -2.37. The van der Waals surface area contributed by atoms with Gasteiger partial charge in [0.15, 0.2) is 0 Å². The number of hydrogen-bond donors (Lipinski definition) is 4. The van der Waals surface area contributed by atoms with Crippen molar-refractivity contribution < 1.29 is 14.7 Å². The van der Waals surface area contributed by atoms with Crippen molar-refractivity contribution in [2.75, 3.05) is 5.32 Å². The van der Waals surface area contributed by atoms with Crippen LogP contribution in [0, 0.1) is 0 Å². The molecule has 28 heavy (non-hydrogen) atoms. The van der Waals surface area contributed by atoms with Crippen LogP contribution in [0.25, 0.3) is 10.9 Å². The van der Waals surface area contributed by atoms with Gasteiger partial charge < -0.3 is 25.6 Å². The second-order valence-corrected chi connectivity index (χ2v) is 7.71. The maximum Gasteiger partial charge on any atom is 0.252 e. The fourth-order valence-corrected chi connectivity index (χ4v) is 4.99. The number of aliphatic hydroxyl groups is 1. The van der Waals surface area contributed by atoms with Gasteiger partial charge in [-0.05, 0) is 12.1 Å². The van der Waals surface area contributed by atoms with Crippen LogP contribution in [0.15, 0.2) is 54.7 Å². The first-order valence-corrected chi connectivity index (χ1v) is 9.35. The van der Waals surface area contributed by atoms with Crippen molar-refractivity contribution in [3.05, 3.63) is 65.9 Å². The van der Waals surface area contributed by atoms with Crippen molar-refractivity contribution in [1.29, 1.82) is 0 Å². The summed E-state index contributed by atoms with van der Waals surface area (Å²) in [5, 5.41) is 18.4. The molecule has 2 saturated heterocycles. The van der Waals surface area contributed by atoms with Crippen molar-refractivity contribution in [1.82, 2.24) is 15.2 Å². The van der Waals surface area contributed by atoms with E-state index in [2.05, 4.69) is 15.6 Å². The minimum atomic E-state index is -1.27. The first kappa shape index (κ1) is 15.7. The molecule has 0 saturated carbocycles. The number of nitrogens with zero attached hydrogens (tertiary/aromatic N) is 1. The van der Waals surface area contributed by atoms with Crippen LogP contribution in [0.1, 0.15) is 23.6 Å². The number of rotatable bonds is 1. The van der Waals surface area contributed by atoms with E-state index in [9.17, 15) is 14.7 Å². The van der Waals surface area contributed by atoms with Crippen molar-refractivity contribution in [3.63, 3.8) is 0 Å². The second-order valence-electron chi connectivity index (χ2n) is 7.71. The molecular weight excluding hydrogens is 356 g/mol. The van der Waals surface area contributed by atoms with Gasteiger partial charge >= 0.3 is 0 Å². The van der Waals surface area contributed by atoms with Crippen LogP contribution < -0.4 is 10.6 Å². The molecule has 0 radical (unpaired) electrons. The molecule has 3 aromatic rings. The van der Waals surface area contributed by atoms with Crippen LogP contribution in [-0.2, 0) is 15.2 Å². The molecule has 0 bridgehead atoms. The maximum absolute atomic E-state index is 13.5. The lowest BCUT2D eigenvalue weighted by molar-refractivity contribution is -0.149. The number of amides is 2. The summed E-state index contributed by atoms with van der Waals surface area (Å²) in [7, 11) is 0. The number of H-pyrrole nitrogens is 1. The number of aromatic nitrogens is 1. The second kappa shape index (κ2) is 5.14. The fourth-order valence-electron chi connectivity index (χ4n) is 4.99. The lowest BCUT2D eigenvalue weighted by atomic mass is 9.91. The molecule has 2 amide bonds. The van der Waals surface area contributed by atoms with Gasteiger partial charge in [0.05, 0.1) is 0 Å². The summed E-state index contributed by atoms with van der Waals surface area (Å²) in [6.07, 6.45) is 1.30. The summed E-state index contributed by atoms with van der Waals surface area (Å²) >= 11 is 0. The monoisotopic (exact) mass is 374 g/mol. The number of carbonyl (C=O) groups excluding carboxylic acids is 2. The van der Waals surface area contributed by atoms with Crippen molar-refractivity contribution in [2.45, 2.75) is 30.3 Å². The molecule has 2 fully saturated rings. The lowest BCUT2D eigenvalue weighted by Crippen LogP contribution is -2.60. The zero-order valence-corrected chi connectivity index (χ0v) is 14.8. The van der Waals surface area contributed by atoms with Gasteiger partial charge in [0.25, 0.3) is 5.91 Å². The number of aromatic amines is 1. The molecule has 6 rings (SSSR count). The molecule has 140 valence electrons. The standard InChI is InChI=1S/C21H18N4O3/c26-18-16-9-21(28)13-6-2-4-8-15(13)23-20(21)25(16)19(27)17(24-18)12-10-22-14-7-3-1-5-11(12)14/h1-8,10,16-17,20,22-23,28H,9H2,(H,24,26)/t16-,17-,20-,21+/m0/s1. The van der Waals surface area contributed by atoms with Gasteiger partial charge in [-0.2, -0.15) is 0 Å². The van der Waals surface area contributed by atoms with E-state index in [0.717, 1.165) is 27.7 Å². The topological polar surface area (TPSA) is 97.5 Å². The number of hydrogen-bond acceptors (Lipinski definition) is 4. The Hall–Kier alpha value is -3.32. The minimum absolute atomic E-state index is 0.180. The molecule has 0 spiro atoms. The SMILES string of the molecule is O=C1N[C@@H](c2c[nH]c3ccccc23)C(=O)N2[C@H]1C[C@@]1(O)c3ccccc3N[C@@H]21. The Labute approximate surface area is 160 Å². The number of piperazine rings is 1. The molecule has 4 atom stereocenters. The summed E-state index contributed by atoms with van der Waals surface area (Å²) < 4.78 is 0. The van der Waals surface area contributed by atoms with E-state index in [0.29, 0.717) is 0 Å². The van der Waals surface area contributed by atoms with Crippen LogP contribution in [0.5, 0.6) is 0 Å². The third kappa shape index (κ3) is 1.81. The summed E-state index contributed by atoms with van der Waals surface area (Å²) in [5.41, 5.74) is 1.91. The Balaban J connectivity index is 1.44. The average molecular weight is 374 g/mol. The molecule has 2 aromatic carbocycles. The van der Waals surface area contributed by atoms with Gasteiger partial charge in [-0.3, -0.25) is 9.59 Å². The van der Waals surface area contributed by atoms with Gasteiger partial charge in [0.1, 0.15) is 23.9 Å². The molecule has 3 aliphatic heterocycles. The highest BCUT2D eigenvalue weighted by atomic mass is 16.3. The zero-order chi connectivity index (χ0) is 19.0. The van der Waals surface area contributed by atoms with E-state index in [1.807, 2.05) is 48.5 Å². The van der Waals surface area contributed by atoms with E-state index in [-0.39, 0.29) is 18.2 Å². The Morgan fingerprint density at radius 1 is 1.04 bits per heavy atom. The van der Waals surface area contributed by atoms with Crippen molar-refractivity contribution in [3.8, 4) is 0 Å². The van der Waals surface area contributed by atoms with Gasteiger partial charge in [0.2, 0.25) is 5.91 Å². The number of carbonyl (C=O) groups is 2. The largest absolute Gasteiger partial charge is 0.381 e. The van der Waals surface area contributed by atoms with Crippen LogP contribution in [0.4, 0.5) is 5.69 Å². The Morgan fingerprint density at radius 2 is 1.82 bits per heavy atom. The first-order chi connectivity index (χ1) is 13.6. The van der Waals surface area contributed by atoms with Crippen molar-refractivity contribution >= 4 is 28.4 Å². The number of benzene rings is 2. The first-order valence-electron chi connectivity index (χ1n) is 9.35. The number of para-hydroxylation sites is 2. The molecule has 3 aliphatic rings. The van der Waals surface area contributed by atoms with E-state index < -0.39 is 23.9 Å². The summed E-state index contributed by atoms with van der Waals surface area (Å²) in [6, 6.07) is 13.7. The molecule has 4 heterocycles. The fraction of sp³-hybridized carbons (Fsp3) is 0.238. The van der Waals surface area contributed by atoms with Gasteiger partial charge in [0, 0.05) is 40.3 Å². The van der Waals surface area contributed by atoms with Gasteiger partial charge in [-0.25, -0.2) is 0 Å². The highest BCUT2D eigenvalue weighted by Gasteiger charge is 2.62. The Kier molecular flexibility index (Phi) is 2.88. The normalized spacial score (nSPS) is 30.6. The Morgan fingerprint density at radius 3 is 2.71 bits per heavy atom. The highest BCUT2D eigenvalue weighted by Crippen LogP contribution is 2.50. The van der Waals surface area contributed by atoms with E-state index in [1.165, 1.54) is 4.90 Å². The predicted molar refractivity (Wildman–Crippen MR) is 102 cm³/mol. The molecular formula is C21H18N4O3. The van der Waals surface area contributed by atoms with Gasteiger partial charge in [-0.15, -0.1) is 0 Å². The smallest absolute Gasteiger partial charge is 0.252 e. The number of anilines is 1. The average Bonchev–Trinajstić information content (AvgIpc) is 3.33. The van der Waals surface area contributed by atoms with E-state index >= 15 is 0 Å². The van der Waals surface area contributed by atoms with Gasteiger partial charge in [-0.1, -0.05) is 36.4 Å². The summed E-state index contributed by atoms with van der Waals surface area (Å²) in [5.74, 6) is -0.451. The van der Waals surface area contributed by atoms with Crippen LogP contribution >= 0.6 is 0 Å². The maximum atomic E-state index is 13.5. The number of nitrogens with one attached hydrogen (secondary N) is 3. The zero-order valence-electron chi connectivity index (χ0n) is 14.8. The molecule has 7 nitrogen and oxygen atoms in total. The third-order valence-corrected chi connectivity index (χ3v) is 6.28. The molecule has 4 N–H and O–H groups in total. The van der Waals surface area contributed by atoms with Crippen LogP contribution in [0.2, 0.25) is 0 Å².